The van der Waals surface area contributed by atoms with Crippen LogP contribution in [0.3, 0.4) is 0 Å². The van der Waals surface area contributed by atoms with E-state index in [1.165, 1.54) is 16.9 Å². The van der Waals surface area contributed by atoms with Crippen molar-refractivity contribution in [2.75, 3.05) is 6.54 Å². The molecule has 0 spiro atoms. The van der Waals surface area contributed by atoms with E-state index in [1.807, 2.05) is 4.90 Å². The zero-order valence-electron chi connectivity index (χ0n) is 14.1. The van der Waals surface area contributed by atoms with Crippen LogP contribution in [0.25, 0.3) is 10.2 Å². The highest BCUT2D eigenvalue weighted by Crippen LogP contribution is 2.34. The van der Waals surface area contributed by atoms with Crippen LogP contribution in [0.1, 0.15) is 55.3 Å². The standard InChI is InChI=1S/C18H23N3O2S/c1-11-5-2-3-10-21(11)15(22)9-8-14-19-17(23)16-12-6-4-7-13(12)24-18(16)20-14/h11H,2-10H2,1H3,(H,19,20,23). The van der Waals surface area contributed by atoms with E-state index in [1.54, 1.807) is 11.3 Å². The summed E-state index contributed by atoms with van der Waals surface area (Å²) < 4.78 is 0. The number of hydrogen-bond acceptors (Lipinski definition) is 4. The van der Waals surface area contributed by atoms with Gasteiger partial charge in [-0.15, -0.1) is 11.3 Å². The van der Waals surface area contributed by atoms with Crippen LogP contribution < -0.4 is 5.56 Å². The summed E-state index contributed by atoms with van der Waals surface area (Å²) in [6, 6.07) is 0.334. The summed E-state index contributed by atoms with van der Waals surface area (Å²) in [5.74, 6) is 0.823. The third-order valence-electron chi connectivity index (χ3n) is 5.32. The van der Waals surface area contributed by atoms with Crippen molar-refractivity contribution < 1.29 is 4.79 Å². The number of hydrogen-bond donors (Lipinski definition) is 1. The molecule has 0 bridgehead atoms. The van der Waals surface area contributed by atoms with Crippen LogP contribution in [-0.2, 0) is 24.1 Å². The van der Waals surface area contributed by atoms with Crippen LogP contribution in [0.5, 0.6) is 0 Å². The molecule has 0 saturated carbocycles. The summed E-state index contributed by atoms with van der Waals surface area (Å²) in [6.07, 6.45) is 7.52. The first-order valence-corrected chi connectivity index (χ1v) is 9.78. The highest BCUT2D eigenvalue weighted by Gasteiger charge is 2.24. The van der Waals surface area contributed by atoms with E-state index in [-0.39, 0.29) is 11.5 Å². The number of nitrogens with one attached hydrogen (secondary N) is 1. The van der Waals surface area contributed by atoms with E-state index in [4.69, 9.17) is 0 Å². The molecule has 5 nitrogen and oxygen atoms in total. The van der Waals surface area contributed by atoms with E-state index in [2.05, 4.69) is 16.9 Å². The molecule has 2 aromatic heterocycles. The van der Waals surface area contributed by atoms with Gasteiger partial charge in [0.2, 0.25) is 5.91 Å². The van der Waals surface area contributed by atoms with Crippen molar-refractivity contribution in [2.24, 2.45) is 0 Å². The van der Waals surface area contributed by atoms with Crippen LogP contribution >= 0.6 is 11.3 Å². The molecule has 0 aromatic carbocycles. The van der Waals surface area contributed by atoms with Crippen molar-refractivity contribution in [3.8, 4) is 0 Å². The molecule has 128 valence electrons. The SMILES string of the molecule is CC1CCCCN1C(=O)CCc1nc2sc3c(c2c(=O)[nH]1)CCC3. The summed E-state index contributed by atoms with van der Waals surface area (Å²) in [4.78, 5) is 36.6. The maximum Gasteiger partial charge on any atom is 0.259 e. The van der Waals surface area contributed by atoms with Gasteiger partial charge in [0.05, 0.1) is 5.39 Å². The minimum Gasteiger partial charge on any atom is -0.340 e. The number of nitrogens with zero attached hydrogens (tertiary/aromatic N) is 2. The highest BCUT2D eigenvalue weighted by molar-refractivity contribution is 7.18. The van der Waals surface area contributed by atoms with Crippen molar-refractivity contribution in [1.82, 2.24) is 14.9 Å². The molecular formula is C18H23N3O2S. The fourth-order valence-electron chi connectivity index (χ4n) is 4.00. The number of fused-ring (bicyclic) bond motifs is 3. The Morgan fingerprint density at radius 1 is 1.33 bits per heavy atom. The summed E-state index contributed by atoms with van der Waals surface area (Å²) >= 11 is 1.65. The van der Waals surface area contributed by atoms with Crippen LogP contribution in [0.15, 0.2) is 4.79 Å². The van der Waals surface area contributed by atoms with Gasteiger partial charge >= 0.3 is 0 Å². The molecule has 2 aromatic rings. The molecule has 2 aliphatic rings. The Kier molecular flexibility index (Phi) is 4.16. The summed E-state index contributed by atoms with van der Waals surface area (Å²) in [5, 5.41) is 0.784. The molecule has 1 unspecified atom stereocenters. The van der Waals surface area contributed by atoms with Crippen LogP contribution in [0.2, 0.25) is 0 Å². The van der Waals surface area contributed by atoms with E-state index < -0.39 is 0 Å². The van der Waals surface area contributed by atoms with Gasteiger partial charge in [0, 0.05) is 30.3 Å². The number of piperidine rings is 1. The highest BCUT2D eigenvalue weighted by atomic mass is 32.1. The Bertz CT molecular complexity index is 839. The van der Waals surface area contributed by atoms with Crippen LogP contribution in [0.4, 0.5) is 0 Å². The number of carbonyl (C=O) groups excluding carboxylic acids is 1. The van der Waals surface area contributed by atoms with Gasteiger partial charge < -0.3 is 9.88 Å². The number of aromatic amines is 1. The lowest BCUT2D eigenvalue weighted by Crippen LogP contribution is -2.42. The van der Waals surface area contributed by atoms with E-state index in [9.17, 15) is 9.59 Å². The third kappa shape index (κ3) is 2.77. The Labute approximate surface area is 145 Å². The maximum absolute atomic E-state index is 12.5. The molecule has 1 amide bonds. The Morgan fingerprint density at radius 2 is 2.21 bits per heavy atom. The van der Waals surface area contributed by atoms with Crippen molar-refractivity contribution in [3.05, 3.63) is 26.6 Å². The topological polar surface area (TPSA) is 66.1 Å². The predicted octanol–water partition coefficient (Wildman–Crippen LogP) is 2.81. The van der Waals surface area contributed by atoms with Gasteiger partial charge in [-0.05, 0) is 51.0 Å². The molecular weight excluding hydrogens is 322 g/mol. The number of likely N-dealkylation sites (tertiary alicyclic amines) is 1. The van der Waals surface area contributed by atoms with Gasteiger partial charge in [-0.2, -0.15) is 0 Å². The minimum absolute atomic E-state index is 0.0341. The number of rotatable bonds is 3. The smallest absolute Gasteiger partial charge is 0.259 e. The molecule has 3 heterocycles. The monoisotopic (exact) mass is 345 g/mol. The summed E-state index contributed by atoms with van der Waals surface area (Å²) in [5.41, 5.74) is 1.17. The lowest BCUT2D eigenvalue weighted by atomic mass is 10.0. The molecule has 1 saturated heterocycles. The predicted molar refractivity (Wildman–Crippen MR) is 95.6 cm³/mol. The number of aryl methyl sites for hydroxylation is 3. The van der Waals surface area contributed by atoms with Gasteiger partial charge in [-0.1, -0.05) is 0 Å². The number of amides is 1. The first-order valence-electron chi connectivity index (χ1n) is 8.96. The van der Waals surface area contributed by atoms with Crippen molar-refractivity contribution in [1.29, 1.82) is 0 Å². The number of thiophene rings is 1. The summed E-state index contributed by atoms with van der Waals surface area (Å²) in [7, 11) is 0. The second-order valence-electron chi connectivity index (χ2n) is 6.98. The summed E-state index contributed by atoms with van der Waals surface area (Å²) in [6.45, 7) is 2.98. The molecule has 24 heavy (non-hydrogen) atoms. The third-order valence-corrected chi connectivity index (χ3v) is 6.51. The molecule has 1 atom stereocenters. The molecule has 6 heteroatoms. The quantitative estimate of drug-likeness (QED) is 0.930. The van der Waals surface area contributed by atoms with Crippen LogP contribution in [-0.4, -0.2) is 33.4 Å². The first kappa shape index (κ1) is 15.8. The first-order chi connectivity index (χ1) is 11.6. The Balaban J connectivity index is 1.51. The maximum atomic E-state index is 12.5. The van der Waals surface area contributed by atoms with Gasteiger partial charge in [0.1, 0.15) is 10.7 Å². The molecule has 1 aliphatic carbocycles. The Hall–Kier alpha value is -1.69. The molecule has 4 rings (SSSR count). The van der Waals surface area contributed by atoms with Gasteiger partial charge in [-0.25, -0.2) is 4.98 Å². The number of carbonyl (C=O) groups is 1. The fourth-order valence-corrected chi connectivity index (χ4v) is 5.28. The van der Waals surface area contributed by atoms with Gasteiger partial charge in [-0.3, -0.25) is 9.59 Å². The van der Waals surface area contributed by atoms with Crippen molar-refractivity contribution in [3.63, 3.8) is 0 Å². The zero-order valence-corrected chi connectivity index (χ0v) is 14.9. The average molecular weight is 345 g/mol. The zero-order chi connectivity index (χ0) is 16.7. The van der Waals surface area contributed by atoms with Crippen LogP contribution in [0, 0.1) is 0 Å². The molecule has 0 radical (unpaired) electrons. The number of aromatic nitrogens is 2. The van der Waals surface area contributed by atoms with E-state index >= 15 is 0 Å². The molecule has 1 fully saturated rings. The van der Waals surface area contributed by atoms with E-state index in [0.717, 1.165) is 48.9 Å². The minimum atomic E-state index is -0.0341. The Morgan fingerprint density at radius 3 is 3.04 bits per heavy atom. The fraction of sp³-hybridized carbons (Fsp3) is 0.611. The lowest BCUT2D eigenvalue weighted by Gasteiger charge is -2.33. The largest absolute Gasteiger partial charge is 0.340 e. The van der Waals surface area contributed by atoms with Gasteiger partial charge in [0.15, 0.2) is 0 Å². The second-order valence-corrected chi connectivity index (χ2v) is 8.07. The normalized spacial score (nSPS) is 20.5. The molecule has 1 N–H and O–H groups in total. The molecule has 1 aliphatic heterocycles. The second kappa shape index (κ2) is 6.31. The van der Waals surface area contributed by atoms with Gasteiger partial charge in [0.25, 0.3) is 5.56 Å². The van der Waals surface area contributed by atoms with E-state index in [0.29, 0.717) is 24.7 Å². The lowest BCUT2D eigenvalue weighted by molar-refractivity contribution is -0.134. The van der Waals surface area contributed by atoms with Crippen molar-refractivity contribution in [2.45, 2.75) is 64.3 Å². The number of H-pyrrole nitrogens is 1. The average Bonchev–Trinajstić information content (AvgIpc) is 3.13. The van der Waals surface area contributed by atoms with Crippen molar-refractivity contribution >= 4 is 27.5 Å².